The maximum atomic E-state index is 12.7. The number of hydrogen-bond donors (Lipinski definition) is 1. The highest BCUT2D eigenvalue weighted by atomic mass is 16.4. The molecule has 0 saturated heterocycles. The molecule has 0 fully saturated rings. The van der Waals surface area contributed by atoms with E-state index in [0.717, 1.165) is 16.8 Å². The van der Waals surface area contributed by atoms with Crippen LogP contribution in [0.25, 0.3) is 0 Å². The lowest BCUT2D eigenvalue weighted by Crippen LogP contribution is -2.29. The average Bonchev–Trinajstić information content (AvgIpc) is 2.90. The van der Waals surface area contributed by atoms with Gasteiger partial charge in [-0.15, -0.1) is 0 Å². The van der Waals surface area contributed by atoms with Crippen LogP contribution >= 0.6 is 0 Å². The van der Waals surface area contributed by atoms with E-state index in [9.17, 15) is 9.59 Å². The number of carboxylic acids is 1. The highest BCUT2D eigenvalue weighted by Crippen LogP contribution is 2.30. The Morgan fingerprint density at radius 2 is 1.90 bits per heavy atom. The summed E-state index contributed by atoms with van der Waals surface area (Å²) < 4.78 is 0. The quantitative estimate of drug-likeness (QED) is 0.920. The van der Waals surface area contributed by atoms with Gasteiger partial charge in [-0.3, -0.25) is 4.79 Å². The molecule has 1 amide bonds. The van der Waals surface area contributed by atoms with E-state index in [2.05, 4.69) is 0 Å². The maximum absolute atomic E-state index is 12.7. The molecular weight excluding hydrogens is 266 g/mol. The number of carbonyl (C=O) groups is 2. The second kappa shape index (κ2) is 5.05. The van der Waals surface area contributed by atoms with Crippen LogP contribution < -0.4 is 4.90 Å². The first-order chi connectivity index (χ1) is 10.1. The molecule has 0 atom stereocenters. The van der Waals surface area contributed by atoms with Crippen molar-refractivity contribution < 1.29 is 14.7 Å². The van der Waals surface area contributed by atoms with Crippen LogP contribution in [-0.4, -0.2) is 23.5 Å². The van der Waals surface area contributed by atoms with Crippen LogP contribution in [0.4, 0.5) is 5.69 Å². The monoisotopic (exact) mass is 281 g/mol. The highest BCUT2D eigenvalue weighted by molar-refractivity contribution is 6.08. The van der Waals surface area contributed by atoms with Crippen LogP contribution in [0.15, 0.2) is 42.5 Å². The number of carboxylic acid groups (broad SMARTS) is 1. The van der Waals surface area contributed by atoms with Crippen molar-refractivity contribution in [3.05, 3.63) is 64.7 Å². The third kappa shape index (κ3) is 2.29. The van der Waals surface area contributed by atoms with Gasteiger partial charge in [0, 0.05) is 17.8 Å². The molecule has 0 unspecified atom stereocenters. The number of rotatable bonds is 2. The van der Waals surface area contributed by atoms with Gasteiger partial charge < -0.3 is 10.0 Å². The van der Waals surface area contributed by atoms with E-state index in [1.807, 2.05) is 31.2 Å². The van der Waals surface area contributed by atoms with Crippen molar-refractivity contribution in [2.45, 2.75) is 13.3 Å². The molecule has 2 aromatic carbocycles. The molecule has 4 heteroatoms. The number of amides is 1. The fraction of sp³-hybridized carbons (Fsp3) is 0.176. The number of fused-ring (bicyclic) bond motifs is 1. The van der Waals surface area contributed by atoms with Gasteiger partial charge in [0.2, 0.25) is 0 Å². The van der Waals surface area contributed by atoms with E-state index in [-0.39, 0.29) is 11.5 Å². The third-order valence-corrected chi connectivity index (χ3v) is 3.84. The van der Waals surface area contributed by atoms with Gasteiger partial charge in [0.15, 0.2) is 0 Å². The van der Waals surface area contributed by atoms with Crippen molar-refractivity contribution in [1.29, 1.82) is 0 Å². The molecule has 4 nitrogen and oxygen atoms in total. The van der Waals surface area contributed by atoms with Gasteiger partial charge in [0.25, 0.3) is 5.91 Å². The summed E-state index contributed by atoms with van der Waals surface area (Å²) in [6.45, 7) is 2.50. The molecule has 1 heterocycles. The fourth-order valence-corrected chi connectivity index (χ4v) is 2.70. The first-order valence-corrected chi connectivity index (χ1v) is 6.81. The summed E-state index contributed by atoms with van der Waals surface area (Å²) in [5, 5.41) is 9.03. The van der Waals surface area contributed by atoms with Gasteiger partial charge in [-0.1, -0.05) is 18.2 Å². The molecule has 0 spiro atoms. The van der Waals surface area contributed by atoms with Crippen LogP contribution in [0.1, 0.15) is 31.8 Å². The van der Waals surface area contributed by atoms with Gasteiger partial charge in [0.05, 0.1) is 5.56 Å². The van der Waals surface area contributed by atoms with Crippen molar-refractivity contribution in [3.63, 3.8) is 0 Å². The van der Waals surface area contributed by atoms with Gasteiger partial charge in [-0.2, -0.15) is 0 Å². The Morgan fingerprint density at radius 3 is 2.62 bits per heavy atom. The van der Waals surface area contributed by atoms with E-state index in [1.165, 1.54) is 0 Å². The number of benzene rings is 2. The minimum absolute atomic E-state index is 0.0325. The normalized spacial score (nSPS) is 13.1. The van der Waals surface area contributed by atoms with Gasteiger partial charge in [0.1, 0.15) is 0 Å². The first-order valence-electron chi connectivity index (χ1n) is 6.81. The Kier molecular flexibility index (Phi) is 3.22. The SMILES string of the molecule is Cc1ccccc1C(=O)N1CCc2cc(C(=O)O)ccc21. The van der Waals surface area contributed by atoms with Crippen molar-refractivity contribution in [2.75, 3.05) is 11.4 Å². The largest absolute Gasteiger partial charge is 0.478 e. The highest BCUT2D eigenvalue weighted by Gasteiger charge is 2.26. The van der Waals surface area contributed by atoms with E-state index in [1.54, 1.807) is 23.1 Å². The topological polar surface area (TPSA) is 57.6 Å². The fourth-order valence-electron chi connectivity index (χ4n) is 2.70. The molecule has 0 radical (unpaired) electrons. The Morgan fingerprint density at radius 1 is 1.14 bits per heavy atom. The number of anilines is 1. The molecule has 0 aromatic heterocycles. The molecule has 106 valence electrons. The van der Waals surface area contributed by atoms with Crippen LogP contribution in [0.3, 0.4) is 0 Å². The Labute approximate surface area is 122 Å². The smallest absolute Gasteiger partial charge is 0.335 e. The Bertz CT molecular complexity index is 737. The molecule has 3 rings (SSSR count). The van der Waals surface area contributed by atoms with Crippen LogP contribution in [0, 0.1) is 6.92 Å². The van der Waals surface area contributed by atoms with Crippen LogP contribution in [-0.2, 0) is 6.42 Å². The Balaban J connectivity index is 1.96. The van der Waals surface area contributed by atoms with E-state index >= 15 is 0 Å². The number of aromatic carboxylic acids is 1. The minimum atomic E-state index is -0.943. The van der Waals surface area contributed by atoms with Crippen molar-refractivity contribution >= 4 is 17.6 Å². The summed E-state index contributed by atoms with van der Waals surface area (Å²) in [5.74, 6) is -0.976. The summed E-state index contributed by atoms with van der Waals surface area (Å²) in [6, 6.07) is 12.4. The number of aryl methyl sites for hydroxylation is 1. The molecule has 1 aliphatic heterocycles. The zero-order valence-electron chi connectivity index (χ0n) is 11.7. The number of nitrogens with zero attached hydrogens (tertiary/aromatic N) is 1. The molecule has 21 heavy (non-hydrogen) atoms. The number of hydrogen-bond acceptors (Lipinski definition) is 2. The molecule has 0 bridgehead atoms. The summed E-state index contributed by atoms with van der Waals surface area (Å²) >= 11 is 0. The molecule has 0 aliphatic carbocycles. The third-order valence-electron chi connectivity index (χ3n) is 3.84. The molecule has 2 aromatic rings. The van der Waals surface area contributed by atoms with E-state index in [4.69, 9.17) is 5.11 Å². The molecular formula is C17H15NO3. The zero-order chi connectivity index (χ0) is 15.0. The molecule has 1 aliphatic rings. The lowest BCUT2D eigenvalue weighted by atomic mass is 10.1. The lowest BCUT2D eigenvalue weighted by Gasteiger charge is -2.18. The van der Waals surface area contributed by atoms with Crippen molar-refractivity contribution in [3.8, 4) is 0 Å². The zero-order valence-corrected chi connectivity index (χ0v) is 11.7. The summed E-state index contributed by atoms with van der Waals surface area (Å²) in [7, 11) is 0. The van der Waals surface area contributed by atoms with Gasteiger partial charge in [-0.25, -0.2) is 4.79 Å². The summed E-state index contributed by atoms with van der Waals surface area (Å²) in [5.41, 5.74) is 3.62. The minimum Gasteiger partial charge on any atom is -0.478 e. The summed E-state index contributed by atoms with van der Waals surface area (Å²) in [4.78, 5) is 25.4. The van der Waals surface area contributed by atoms with Crippen molar-refractivity contribution in [2.24, 2.45) is 0 Å². The molecule has 0 saturated carbocycles. The predicted molar refractivity (Wildman–Crippen MR) is 80.0 cm³/mol. The Hall–Kier alpha value is -2.62. The standard InChI is InChI=1S/C17H15NO3/c1-11-4-2-3-5-14(11)16(19)18-9-8-12-10-13(17(20)21)6-7-15(12)18/h2-7,10H,8-9H2,1H3,(H,20,21). The second-order valence-corrected chi connectivity index (χ2v) is 5.17. The predicted octanol–water partition coefficient (Wildman–Crippen LogP) is 2.90. The van der Waals surface area contributed by atoms with Crippen molar-refractivity contribution in [1.82, 2.24) is 0 Å². The first kappa shape index (κ1) is 13.4. The van der Waals surface area contributed by atoms with E-state index < -0.39 is 5.97 Å². The van der Waals surface area contributed by atoms with Crippen LogP contribution in [0.5, 0.6) is 0 Å². The van der Waals surface area contributed by atoms with Crippen LogP contribution in [0.2, 0.25) is 0 Å². The maximum Gasteiger partial charge on any atom is 0.335 e. The van der Waals surface area contributed by atoms with E-state index in [0.29, 0.717) is 18.5 Å². The number of carbonyl (C=O) groups excluding carboxylic acids is 1. The lowest BCUT2D eigenvalue weighted by molar-refractivity contribution is 0.0696. The molecule has 1 N–H and O–H groups in total. The van der Waals surface area contributed by atoms with Gasteiger partial charge >= 0.3 is 5.97 Å². The average molecular weight is 281 g/mol. The van der Waals surface area contributed by atoms with Gasteiger partial charge in [-0.05, 0) is 48.7 Å². The second-order valence-electron chi connectivity index (χ2n) is 5.17. The summed E-state index contributed by atoms with van der Waals surface area (Å²) in [6.07, 6.45) is 0.689.